The van der Waals surface area contributed by atoms with Crippen molar-refractivity contribution in [1.82, 2.24) is 9.88 Å². The molecular formula is C10H13ClN2O. The molecule has 0 aromatic carbocycles. The minimum atomic E-state index is 0.394. The molecule has 1 aromatic heterocycles. The van der Waals surface area contributed by atoms with E-state index in [1.807, 2.05) is 12.1 Å². The maximum absolute atomic E-state index is 5.95. The Kier molecular flexibility index (Phi) is 3.01. The zero-order chi connectivity index (χ0) is 9.97. The Morgan fingerprint density at radius 1 is 1.64 bits per heavy atom. The van der Waals surface area contributed by atoms with Gasteiger partial charge in [0.05, 0.1) is 6.10 Å². The van der Waals surface area contributed by atoms with Crippen LogP contribution in [0.1, 0.15) is 5.56 Å². The summed E-state index contributed by atoms with van der Waals surface area (Å²) in [6.45, 7) is 2.84. The molecule has 4 heteroatoms. The molecule has 1 aliphatic rings. The van der Waals surface area contributed by atoms with Crippen LogP contribution in [0.2, 0.25) is 5.15 Å². The number of aromatic nitrogens is 1. The van der Waals surface area contributed by atoms with Gasteiger partial charge in [-0.25, -0.2) is 4.98 Å². The maximum Gasteiger partial charge on any atom is 0.133 e. The van der Waals surface area contributed by atoms with Crippen LogP contribution in [0.15, 0.2) is 18.3 Å². The van der Waals surface area contributed by atoms with E-state index in [2.05, 4.69) is 9.88 Å². The van der Waals surface area contributed by atoms with Crippen molar-refractivity contribution in [2.45, 2.75) is 12.6 Å². The summed E-state index contributed by atoms with van der Waals surface area (Å²) in [4.78, 5) is 6.33. The largest absolute Gasteiger partial charge is 0.379 e. The van der Waals surface area contributed by atoms with E-state index in [1.54, 1.807) is 13.3 Å². The molecule has 0 radical (unpaired) electrons. The summed E-state index contributed by atoms with van der Waals surface area (Å²) in [5, 5.41) is 0.605. The first-order valence-electron chi connectivity index (χ1n) is 4.64. The fraction of sp³-hybridized carbons (Fsp3) is 0.500. The lowest BCUT2D eigenvalue weighted by molar-refractivity contribution is -0.0334. The number of pyridine rings is 1. The molecule has 1 aliphatic heterocycles. The van der Waals surface area contributed by atoms with Crippen LogP contribution in [-0.2, 0) is 11.3 Å². The van der Waals surface area contributed by atoms with Gasteiger partial charge in [0.2, 0.25) is 0 Å². The molecule has 0 spiro atoms. The molecule has 0 N–H and O–H groups in total. The van der Waals surface area contributed by atoms with Crippen LogP contribution in [0, 0.1) is 0 Å². The molecule has 14 heavy (non-hydrogen) atoms. The first-order chi connectivity index (χ1) is 6.79. The van der Waals surface area contributed by atoms with E-state index in [0.717, 1.165) is 25.2 Å². The van der Waals surface area contributed by atoms with Gasteiger partial charge in [-0.15, -0.1) is 0 Å². The fourth-order valence-electron chi connectivity index (χ4n) is 1.58. The highest BCUT2D eigenvalue weighted by Gasteiger charge is 2.26. The second-order valence-corrected chi connectivity index (χ2v) is 3.86. The van der Waals surface area contributed by atoms with Crippen molar-refractivity contribution in [2.75, 3.05) is 20.2 Å². The molecule has 1 saturated heterocycles. The van der Waals surface area contributed by atoms with Crippen molar-refractivity contribution in [3.63, 3.8) is 0 Å². The molecule has 0 bridgehead atoms. The van der Waals surface area contributed by atoms with Gasteiger partial charge < -0.3 is 4.74 Å². The minimum Gasteiger partial charge on any atom is -0.379 e. The standard InChI is InChI=1S/C10H13ClN2O/c1-14-9-6-13(7-9)5-8-3-2-4-12-10(8)11/h2-4,9H,5-7H2,1H3. The number of rotatable bonds is 3. The van der Waals surface area contributed by atoms with E-state index in [-0.39, 0.29) is 0 Å². The highest BCUT2D eigenvalue weighted by molar-refractivity contribution is 6.30. The lowest BCUT2D eigenvalue weighted by Gasteiger charge is -2.38. The molecule has 3 nitrogen and oxygen atoms in total. The van der Waals surface area contributed by atoms with Crippen LogP contribution < -0.4 is 0 Å². The zero-order valence-corrected chi connectivity index (χ0v) is 8.87. The summed E-state index contributed by atoms with van der Waals surface area (Å²) in [5.41, 5.74) is 1.09. The molecule has 2 heterocycles. The van der Waals surface area contributed by atoms with Gasteiger partial charge in [-0.1, -0.05) is 17.7 Å². The molecule has 0 saturated carbocycles. The smallest absolute Gasteiger partial charge is 0.133 e. The molecule has 0 aliphatic carbocycles. The lowest BCUT2D eigenvalue weighted by Crippen LogP contribution is -2.50. The summed E-state index contributed by atoms with van der Waals surface area (Å²) in [6, 6.07) is 3.92. The topological polar surface area (TPSA) is 25.4 Å². The van der Waals surface area contributed by atoms with Crippen LogP contribution in [0.5, 0.6) is 0 Å². The zero-order valence-electron chi connectivity index (χ0n) is 8.11. The minimum absolute atomic E-state index is 0.394. The fourth-order valence-corrected chi connectivity index (χ4v) is 1.76. The summed E-state index contributed by atoms with van der Waals surface area (Å²) < 4.78 is 5.19. The average molecular weight is 213 g/mol. The van der Waals surface area contributed by atoms with Gasteiger partial charge in [-0.3, -0.25) is 4.90 Å². The van der Waals surface area contributed by atoms with Gasteiger partial charge in [0.15, 0.2) is 0 Å². The molecular weight excluding hydrogens is 200 g/mol. The van der Waals surface area contributed by atoms with Gasteiger partial charge in [-0.05, 0) is 6.07 Å². The van der Waals surface area contributed by atoms with Crippen molar-refractivity contribution >= 4 is 11.6 Å². The van der Waals surface area contributed by atoms with Crippen LogP contribution >= 0.6 is 11.6 Å². The number of hydrogen-bond donors (Lipinski definition) is 0. The first kappa shape index (κ1) is 9.90. The summed E-state index contributed by atoms with van der Waals surface area (Å²) in [5.74, 6) is 0. The quantitative estimate of drug-likeness (QED) is 0.712. The monoisotopic (exact) mass is 212 g/mol. The number of likely N-dealkylation sites (tertiary alicyclic amines) is 1. The normalized spacial score (nSPS) is 18.1. The van der Waals surface area contributed by atoms with Crippen molar-refractivity contribution in [3.05, 3.63) is 29.0 Å². The van der Waals surface area contributed by atoms with Crippen LogP contribution in [0.25, 0.3) is 0 Å². The predicted molar refractivity (Wildman–Crippen MR) is 55.3 cm³/mol. The molecule has 1 fully saturated rings. The van der Waals surface area contributed by atoms with E-state index in [1.165, 1.54) is 0 Å². The van der Waals surface area contributed by atoms with Gasteiger partial charge in [0.25, 0.3) is 0 Å². The molecule has 76 valence electrons. The maximum atomic E-state index is 5.95. The Labute approximate surface area is 88.6 Å². The van der Waals surface area contributed by atoms with E-state index in [4.69, 9.17) is 16.3 Å². The van der Waals surface area contributed by atoms with E-state index >= 15 is 0 Å². The van der Waals surface area contributed by atoms with Crippen molar-refractivity contribution in [1.29, 1.82) is 0 Å². The van der Waals surface area contributed by atoms with E-state index in [0.29, 0.717) is 11.3 Å². The molecule has 1 aromatic rings. The molecule has 2 rings (SSSR count). The van der Waals surface area contributed by atoms with Crippen molar-refractivity contribution < 1.29 is 4.74 Å². The molecule has 0 unspecified atom stereocenters. The number of nitrogens with zero attached hydrogens (tertiary/aromatic N) is 2. The van der Waals surface area contributed by atoms with Gasteiger partial charge in [0.1, 0.15) is 5.15 Å². The third-order valence-corrected chi connectivity index (χ3v) is 2.83. The lowest BCUT2D eigenvalue weighted by atomic mass is 10.1. The number of halogens is 1. The Balaban J connectivity index is 1.90. The predicted octanol–water partition coefficient (Wildman–Crippen LogP) is 1.57. The van der Waals surface area contributed by atoms with Gasteiger partial charge >= 0.3 is 0 Å². The second-order valence-electron chi connectivity index (χ2n) is 3.51. The van der Waals surface area contributed by atoms with Gasteiger partial charge in [-0.2, -0.15) is 0 Å². The van der Waals surface area contributed by atoms with Crippen molar-refractivity contribution in [3.8, 4) is 0 Å². The van der Waals surface area contributed by atoms with Gasteiger partial charge in [0, 0.05) is 38.5 Å². The Morgan fingerprint density at radius 3 is 3.07 bits per heavy atom. The summed E-state index contributed by atoms with van der Waals surface area (Å²) >= 11 is 5.95. The third kappa shape index (κ3) is 2.05. The number of ether oxygens (including phenoxy) is 1. The molecule has 0 atom stereocenters. The summed E-state index contributed by atoms with van der Waals surface area (Å²) in [6.07, 6.45) is 2.10. The Morgan fingerprint density at radius 2 is 2.43 bits per heavy atom. The number of hydrogen-bond acceptors (Lipinski definition) is 3. The first-order valence-corrected chi connectivity index (χ1v) is 5.02. The Bertz CT molecular complexity index is 313. The highest BCUT2D eigenvalue weighted by atomic mass is 35.5. The third-order valence-electron chi connectivity index (χ3n) is 2.49. The van der Waals surface area contributed by atoms with E-state index < -0.39 is 0 Å². The Hall–Kier alpha value is -0.640. The van der Waals surface area contributed by atoms with Crippen LogP contribution in [-0.4, -0.2) is 36.2 Å². The molecule has 0 amide bonds. The summed E-state index contributed by atoms with van der Waals surface area (Å²) in [7, 11) is 1.75. The van der Waals surface area contributed by atoms with Crippen molar-refractivity contribution in [2.24, 2.45) is 0 Å². The van der Waals surface area contributed by atoms with E-state index in [9.17, 15) is 0 Å². The highest BCUT2D eigenvalue weighted by Crippen LogP contribution is 2.18. The van der Waals surface area contributed by atoms with Crippen LogP contribution in [0.3, 0.4) is 0 Å². The van der Waals surface area contributed by atoms with Crippen LogP contribution in [0.4, 0.5) is 0 Å². The SMILES string of the molecule is COC1CN(Cc2cccnc2Cl)C1. The average Bonchev–Trinajstić information content (AvgIpc) is 2.13. The second kappa shape index (κ2) is 4.26. The number of methoxy groups -OCH3 is 1.